The molecule has 0 radical (unpaired) electrons. The number of benzene rings is 2. The third-order valence-electron chi connectivity index (χ3n) is 4.02. The van der Waals surface area contributed by atoms with Gasteiger partial charge in [0.05, 0.1) is 0 Å². The number of aromatic hydroxyl groups is 1. The highest BCUT2D eigenvalue weighted by atomic mass is 16.3. The molecule has 0 fully saturated rings. The molecule has 1 aromatic heterocycles. The van der Waals surface area contributed by atoms with Crippen molar-refractivity contribution in [1.82, 2.24) is 10.3 Å². The van der Waals surface area contributed by atoms with Crippen molar-refractivity contribution in [3.05, 3.63) is 71.4 Å². The summed E-state index contributed by atoms with van der Waals surface area (Å²) in [6.45, 7) is 2.41. The number of hydrogen-bond donors (Lipinski definition) is 3. The molecule has 4 heteroatoms. The van der Waals surface area contributed by atoms with E-state index >= 15 is 0 Å². The number of phenolic OH excluding ortho intramolecular Hbond substituents is 1. The SMILES string of the molecule is Cc1cc(/C=C/C(=O)NCCc2c[nH]c3ccccc23)ccc1O. The van der Waals surface area contributed by atoms with Crippen LogP contribution in [0.4, 0.5) is 0 Å². The van der Waals surface area contributed by atoms with Gasteiger partial charge in [-0.2, -0.15) is 0 Å². The molecule has 1 amide bonds. The minimum atomic E-state index is -0.124. The van der Waals surface area contributed by atoms with Gasteiger partial charge in [0, 0.05) is 29.7 Å². The van der Waals surface area contributed by atoms with Gasteiger partial charge in [-0.05, 0) is 54.3 Å². The Balaban J connectivity index is 1.54. The normalized spacial score (nSPS) is 11.2. The lowest BCUT2D eigenvalue weighted by molar-refractivity contribution is -0.116. The molecule has 1 heterocycles. The number of para-hydroxylation sites is 1. The fourth-order valence-corrected chi connectivity index (χ4v) is 2.67. The molecule has 3 rings (SSSR count). The minimum absolute atomic E-state index is 0.124. The van der Waals surface area contributed by atoms with Crippen molar-refractivity contribution in [3.8, 4) is 5.75 Å². The van der Waals surface area contributed by atoms with Crippen molar-refractivity contribution in [2.75, 3.05) is 6.54 Å². The van der Waals surface area contributed by atoms with Crippen LogP contribution in [0.5, 0.6) is 5.75 Å². The molecule has 24 heavy (non-hydrogen) atoms. The first-order valence-corrected chi connectivity index (χ1v) is 7.94. The van der Waals surface area contributed by atoms with E-state index in [1.165, 1.54) is 17.0 Å². The van der Waals surface area contributed by atoms with Gasteiger partial charge in [0.25, 0.3) is 0 Å². The number of amides is 1. The van der Waals surface area contributed by atoms with Gasteiger partial charge >= 0.3 is 0 Å². The summed E-state index contributed by atoms with van der Waals surface area (Å²) in [5, 5.41) is 13.6. The maximum atomic E-state index is 11.9. The van der Waals surface area contributed by atoms with Gasteiger partial charge in [-0.25, -0.2) is 0 Å². The van der Waals surface area contributed by atoms with Crippen LogP contribution in [0, 0.1) is 6.92 Å². The number of carbonyl (C=O) groups is 1. The van der Waals surface area contributed by atoms with Gasteiger partial charge in [0.15, 0.2) is 0 Å². The van der Waals surface area contributed by atoms with Gasteiger partial charge in [-0.15, -0.1) is 0 Å². The van der Waals surface area contributed by atoms with Crippen LogP contribution < -0.4 is 5.32 Å². The first kappa shape index (κ1) is 15.9. The standard InChI is InChI=1S/C20H20N2O2/c1-14-12-15(6-8-19(14)23)7-9-20(24)21-11-10-16-13-22-18-5-3-2-4-17(16)18/h2-9,12-13,22-23H,10-11H2,1H3,(H,21,24)/b9-7+. The summed E-state index contributed by atoms with van der Waals surface area (Å²) in [6.07, 6.45) is 6.03. The summed E-state index contributed by atoms with van der Waals surface area (Å²) < 4.78 is 0. The molecule has 122 valence electrons. The molecule has 2 aromatic carbocycles. The number of rotatable bonds is 5. The largest absolute Gasteiger partial charge is 0.508 e. The van der Waals surface area contributed by atoms with Crippen molar-refractivity contribution in [2.45, 2.75) is 13.3 Å². The molecule has 4 nitrogen and oxygen atoms in total. The van der Waals surface area contributed by atoms with Gasteiger partial charge in [-0.1, -0.05) is 24.3 Å². The van der Waals surface area contributed by atoms with E-state index in [4.69, 9.17) is 0 Å². The van der Waals surface area contributed by atoms with E-state index in [1.807, 2.05) is 37.4 Å². The molecular weight excluding hydrogens is 300 g/mol. The van der Waals surface area contributed by atoms with Crippen molar-refractivity contribution >= 4 is 22.9 Å². The van der Waals surface area contributed by atoms with Crippen molar-refractivity contribution in [3.63, 3.8) is 0 Å². The Kier molecular flexibility index (Phi) is 4.66. The van der Waals surface area contributed by atoms with E-state index in [9.17, 15) is 9.90 Å². The zero-order valence-electron chi connectivity index (χ0n) is 13.5. The number of carbonyl (C=O) groups excluding carboxylic acids is 1. The highest BCUT2D eigenvalue weighted by Crippen LogP contribution is 2.18. The predicted molar refractivity (Wildman–Crippen MR) is 96.9 cm³/mol. The molecule has 3 N–H and O–H groups in total. The maximum Gasteiger partial charge on any atom is 0.244 e. The number of aromatic nitrogens is 1. The number of hydrogen-bond acceptors (Lipinski definition) is 2. The molecule has 0 spiro atoms. The lowest BCUT2D eigenvalue weighted by atomic mass is 10.1. The summed E-state index contributed by atoms with van der Waals surface area (Å²) in [5.41, 5.74) is 3.99. The first-order valence-electron chi connectivity index (χ1n) is 7.94. The average Bonchev–Trinajstić information content (AvgIpc) is 2.99. The second-order valence-corrected chi connectivity index (χ2v) is 5.78. The summed E-state index contributed by atoms with van der Waals surface area (Å²) >= 11 is 0. The molecule has 0 atom stereocenters. The Labute approximate surface area is 140 Å². The van der Waals surface area contributed by atoms with Crippen LogP contribution in [-0.2, 0) is 11.2 Å². The third kappa shape index (κ3) is 3.66. The minimum Gasteiger partial charge on any atom is -0.508 e. The molecule has 0 saturated carbocycles. The quantitative estimate of drug-likeness (QED) is 0.629. The lowest BCUT2D eigenvalue weighted by Crippen LogP contribution is -2.23. The molecule has 3 aromatic rings. The van der Waals surface area contributed by atoms with E-state index in [0.717, 1.165) is 23.1 Å². The Hall–Kier alpha value is -3.01. The van der Waals surface area contributed by atoms with Gasteiger partial charge in [0.1, 0.15) is 5.75 Å². The Bertz CT molecular complexity index is 894. The number of phenols is 1. The van der Waals surface area contributed by atoms with E-state index in [1.54, 1.807) is 18.2 Å². The van der Waals surface area contributed by atoms with Crippen molar-refractivity contribution < 1.29 is 9.90 Å². The summed E-state index contributed by atoms with van der Waals surface area (Å²) in [4.78, 5) is 15.1. The second kappa shape index (κ2) is 7.04. The van der Waals surface area contributed by atoms with E-state index in [2.05, 4.69) is 16.4 Å². The van der Waals surface area contributed by atoms with E-state index < -0.39 is 0 Å². The van der Waals surface area contributed by atoms with Crippen LogP contribution in [0.25, 0.3) is 17.0 Å². The van der Waals surface area contributed by atoms with Crippen LogP contribution in [0.2, 0.25) is 0 Å². The Morgan fingerprint density at radius 1 is 1.25 bits per heavy atom. The van der Waals surface area contributed by atoms with Crippen LogP contribution in [0.3, 0.4) is 0 Å². The van der Waals surface area contributed by atoms with Crippen LogP contribution >= 0.6 is 0 Å². The van der Waals surface area contributed by atoms with E-state index in [-0.39, 0.29) is 11.7 Å². The van der Waals surface area contributed by atoms with E-state index in [0.29, 0.717) is 6.54 Å². The molecular formula is C20H20N2O2. The second-order valence-electron chi connectivity index (χ2n) is 5.78. The Morgan fingerprint density at radius 2 is 2.08 bits per heavy atom. The number of aryl methyl sites for hydroxylation is 1. The molecule has 0 unspecified atom stereocenters. The number of fused-ring (bicyclic) bond motifs is 1. The van der Waals surface area contributed by atoms with Gasteiger partial charge < -0.3 is 15.4 Å². The molecule has 0 aliphatic carbocycles. The smallest absolute Gasteiger partial charge is 0.244 e. The summed E-state index contributed by atoms with van der Waals surface area (Å²) in [5.74, 6) is 0.135. The predicted octanol–water partition coefficient (Wildman–Crippen LogP) is 3.55. The molecule has 0 aliphatic heterocycles. The fraction of sp³-hybridized carbons (Fsp3) is 0.150. The maximum absolute atomic E-state index is 11.9. The van der Waals surface area contributed by atoms with Gasteiger partial charge in [0.2, 0.25) is 5.91 Å². The summed E-state index contributed by atoms with van der Waals surface area (Å²) in [6, 6.07) is 13.4. The average molecular weight is 320 g/mol. The molecule has 0 saturated heterocycles. The number of H-pyrrole nitrogens is 1. The Morgan fingerprint density at radius 3 is 2.92 bits per heavy atom. The molecule has 0 aliphatic rings. The fourth-order valence-electron chi connectivity index (χ4n) is 2.67. The van der Waals surface area contributed by atoms with Crippen LogP contribution in [0.15, 0.2) is 54.7 Å². The zero-order valence-corrected chi connectivity index (χ0v) is 13.5. The van der Waals surface area contributed by atoms with Crippen LogP contribution in [-0.4, -0.2) is 22.5 Å². The highest BCUT2D eigenvalue weighted by Gasteiger charge is 2.03. The zero-order chi connectivity index (χ0) is 16.9. The highest BCUT2D eigenvalue weighted by molar-refractivity contribution is 5.91. The summed E-state index contributed by atoms with van der Waals surface area (Å²) in [7, 11) is 0. The van der Waals surface area contributed by atoms with Crippen LogP contribution in [0.1, 0.15) is 16.7 Å². The number of aromatic amines is 1. The first-order chi connectivity index (χ1) is 11.6. The van der Waals surface area contributed by atoms with Gasteiger partial charge in [-0.3, -0.25) is 4.79 Å². The molecule has 0 bridgehead atoms. The lowest BCUT2D eigenvalue weighted by Gasteiger charge is -2.02. The monoisotopic (exact) mass is 320 g/mol. The number of nitrogens with one attached hydrogen (secondary N) is 2. The van der Waals surface area contributed by atoms with Crippen molar-refractivity contribution in [2.24, 2.45) is 0 Å². The third-order valence-corrected chi connectivity index (χ3v) is 4.02. The topological polar surface area (TPSA) is 65.1 Å². The van der Waals surface area contributed by atoms with Crippen molar-refractivity contribution in [1.29, 1.82) is 0 Å².